The predicted molar refractivity (Wildman–Crippen MR) is 74.5 cm³/mol. The van der Waals surface area contributed by atoms with Gasteiger partial charge in [-0.3, -0.25) is 0 Å². The van der Waals surface area contributed by atoms with Gasteiger partial charge in [0.15, 0.2) is 0 Å². The minimum Gasteiger partial charge on any atom is -0.378 e. The summed E-state index contributed by atoms with van der Waals surface area (Å²) < 4.78 is 5.83. The Morgan fingerprint density at radius 2 is 2.06 bits per heavy atom. The van der Waals surface area contributed by atoms with E-state index in [1.165, 1.54) is 50.4 Å². The van der Waals surface area contributed by atoms with Gasteiger partial charge in [0.25, 0.3) is 0 Å². The third kappa shape index (κ3) is 4.78. The van der Waals surface area contributed by atoms with Gasteiger partial charge in [0.05, 0.1) is 6.10 Å². The number of piperidine rings is 1. The van der Waals surface area contributed by atoms with Gasteiger partial charge in [-0.2, -0.15) is 11.8 Å². The molecule has 1 atom stereocenters. The van der Waals surface area contributed by atoms with Gasteiger partial charge in [0.2, 0.25) is 0 Å². The average Bonchev–Trinajstić information content (AvgIpc) is 2.85. The number of hydrogen-bond acceptors (Lipinski definition) is 4. The summed E-state index contributed by atoms with van der Waals surface area (Å²) in [5, 5.41) is 0. The number of thioether (sulfide) groups is 1. The molecular formula is C13H26N2OS. The smallest absolute Gasteiger partial charge is 0.0599 e. The van der Waals surface area contributed by atoms with E-state index < -0.39 is 0 Å². The van der Waals surface area contributed by atoms with E-state index in [4.69, 9.17) is 10.5 Å². The molecule has 2 aliphatic rings. The second-order valence-corrected chi connectivity index (χ2v) is 6.39. The first-order valence-corrected chi connectivity index (χ1v) is 8.15. The van der Waals surface area contributed by atoms with Crippen molar-refractivity contribution in [2.45, 2.75) is 31.8 Å². The third-order valence-electron chi connectivity index (χ3n) is 3.78. The van der Waals surface area contributed by atoms with Crippen molar-refractivity contribution in [3.8, 4) is 0 Å². The van der Waals surface area contributed by atoms with Gasteiger partial charge in [-0.1, -0.05) is 0 Å². The molecule has 1 unspecified atom stereocenters. The highest BCUT2D eigenvalue weighted by Crippen LogP contribution is 2.25. The maximum Gasteiger partial charge on any atom is 0.0599 e. The highest BCUT2D eigenvalue weighted by atomic mass is 32.2. The zero-order valence-electron chi connectivity index (χ0n) is 10.8. The molecule has 2 N–H and O–H groups in total. The Kier molecular flexibility index (Phi) is 6.12. The molecule has 0 aromatic carbocycles. The molecule has 3 nitrogen and oxygen atoms in total. The van der Waals surface area contributed by atoms with Crippen LogP contribution in [0.2, 0.25) is 0 Å². The standard InChI is InChI=1S/C13H26N2OS/c14-5-1-8-16-13-2-6-15(7-3-13)10-12-4-9-17-11-12/h12-13H,1-11,14H2. The van der Waals surface area contributed by atoms with Crippen molar-refractivity contribution < 1.29 is 4.74 Å². The lowest BCUT2D eigenvalue weighted by Crippen LogP contribution is -2.39. The largest absolute Gasteiger partial charge is 0.378 e. The minimum absolute atomic E-state index is 0.496. The lowest BCUT2D eigenvalue weighted by molar-refractivity contribution is 0.00500. The lowest BCUT2D eigenvalue weighted by atomic mass is 10.0. The van der Waals surface area contributed by atoms with Gasteiger partial charge in [-0.15, -0.1) is 0 Å². The van der Waals surface area contributed by atoms with E-state index in [0.29, 0.717) is 6.10 Å². The van der Waals surface area contributed by atoms with E-state index in [0.717, 1.165) is 25.5 Å². The third-order valence-corrected chi connectivity index (χ3v) is 5.01. The Morgan fingerprint density at radius 1 is 1.24 bits per heavy atom. The summed E-state index contributed by atoms with van der Waals surface area (Å²) in [7, 11) is 0. The number of likely N-dealkylation sites (tertiary alicyclic amines) is 1. The number of nitrogens with zero attached hydrogens (tertiary/aromatic N) is 1. The van der Waals surface area contributed by atoms with Gasteiger partial charge in [0.1, 0.15) is 0 Å². The molecule has 0 aliphatic carbocycles. The number of hydrogen-bond donors (Lipinski definition) is 1. The summed E-state index contributed by atoms with van der Waals surface area (Å²) in [5.41, 5.74) is 5.47. The molecule has 0 amide bonds. The fourth-order valence-electron chi connectivity index (χ4n) is 2.68. The molecule has 2 heterocycles. The fourth-order valence-corrected chi connectivity index (χ4v) is 3.96. The number of rotatable bonds is 6. The van der Waals surface area contributed by atoms with E-state index in [-0.39, 0.29) is 0 Å². The summed E-state index contributed by atoms with van der Waals surface area (Å²) in [6, 6.07) is 0. The first-order chi connectivity index (χ1) is 8.38. The van der Waals surface area contributed by atoms with Gasteiger partial charge in [-0.05, 0) is 49.7 Å². The highest BCUT2D eigenvalue weighted by molar-refractivity contribution is 7.99. The van der Waals surface area contributed by atoms with Crippen molar-refractivity contribution in [3.63, 3.8) is 0 Å². The van der Waals surface area contributed by atoms with Crippen LogP contribution in [-0.4, -0.2) is 55.3 Å². The van der Waals surface area contributed by atoms with Crippen molar-refractivity contribution in [2.24, 2.45) is 11.7 Å². The second kappa shape index (κ2) is 7.62. The van der Waals surface area contributed by atoms with E-state index in [1.807, 2.05) is 0 Å². The molecule has 2 aliphatic heterocycles. The van der Waals surface area contributed by atoms with Crippen molar-refractivity contribution in [1.82, 2.24) is 4.90 Å². The van der Waals surface area contributed by atoms with Gasteiger partial charge in [-0.25, -0.2) is 0 Å². The molecule has 2 saturated heterocycles. The predicted octanol–water partition coefficient (Wildman–Crippen LogP) is 1.57. The van der Waals surface area contributed by atoms with Crippen molar-refractivity contribution in [2.75, 3.05) is 44.3 Å². The first-order valence-electron chi connectivity index (χ1n) is 7.00. The molecule has 0 bridgehead atoms. The minimum atomic E-state index is 0.496. The lowest BCUT2D eigenvalue weighted by Gasteiger charge is -2.33. The number of nitrogens with two attached hydrogens (primary N) is 1. The summed E-state index contributed by atoms with van der Waals surface area (Å²) in [6.07, 6.45) is 5.35. The summed E-state index contributed by atoms with van der Waals surface area (Å²) in [5.74, 6) is 3.71. The van der Waals surface area contributed by atoms with Gasteiger partial charge >= 0.3 is 0 Å². The zero-order chi connectivity index (χ0) is 11.9. The highest BCUT2D eigenvalue weighted by Gasteiger charge is 2.23. The molecule has 2 rings (SSSR count). The van der Waals surface area contributed by atoms with Crippen LogP contribution in [0.3, 0.4) is 0 Å². The Morgan fingerprint density at radius 3 is 2.71 bits per heavy atom. The van der Waals surface area contributed by atoms with Crippen molar-refractivity contribution >= 4 is 11.8 Å². The molecule has 4 heteroatoms. The summed E-state index contributed by atoms with van der Waals surface area (Å²) >= 11 is 2.12. The zero-order valence-corrected chi connectivity index (χ0v) is 11.6. The second-order valence-electron chi connectivity index (χ2n) is 5.24. The van der Waals surface area contributed by atoms with Crippen LogP contribution in [0, 0.1) is 5.92 Å². The number of ether oxygens (including phenoxy) is 1. The van der Waals surface area contributed by atoms with Crippen molar-refractivity contribution in [1.29, 1.82) is 0 Å². The quantitative estimate of drug-likeness (QED) is 0.734. The molecule has 0 aromatic rings. The van der Waals surface area contributed by atoms with Gasteiger partial charge in [0, 0.05) is 26.2 Å². The summed E-state index contributed by atoms with van der Waals surface area (Å²) in [4.78, 5) is 2.64. The fraction of sp³-hybridized carbons (Fsp3) is 1.00. The molecule has 2 fully saturated rings. The van der Waals surface area contributed by atoms with Crippen LogP contribution >= 0.6 is 11.8 Å². The molecule has 0 saturated carbocycles. The van der Waals surface area contributed by atoms with Crippen LogP contribution in [0.4, 0.5) is 0 Å². The van der Waals surface area contributed by atoms with Crippen molar-refractivity contribution in [3.05, 3.63) is 0 Å². The van der Waals surface area contributed by atoms with E-state index in [1.54, 1.807) is 0 Å². The van der Waals surface area contributed by atoms with Crippen LogP contribution < -0.4 is 5.73 Å². The molecule has 0 aromatic heterocycles. The molecule has 0 spiro atoms. The van der Waals surface area contributed by atoms with Crippen LogP contribution in [0.25, 0.3) is 0 Å². The van der Waals surface area contributed by atoms with Crippen LogP contribution in [0.15, 0.2) is 0 Å². The topological polar surface area (TPSA) is 38.5 Å². The van der Waals surface area contributed by atoms with E-state index in [2.05, 4.69) is 16.7 Å². The van der Waals surface area contributed by atoms with Gasteiger partial charge < -0.3 is 15.4 Å². The molecule has 0 radical (unpaired) electrons. The summed E-state index contributed by atoms with van der Waals surface area (Å²) in [6.45, 7) is 5.38. The first kappa shape index (κ1) is 13.7. The maximum absolute atomic E-state index is 5.83. The van der Waals surface area contributed by atoms with Crippen LogP contribution in [0.1, 0.15) is 25.7 Å². The average molecular weight is 258 g/mol. The molecule has 17 heavy (non-hydrogen) atoms. The SMILES string of the molecule is NCCCOC1CCN(CC2CCSC2)CC1. The van der Waals surface area contributed by atoms with Crippen LogP contribution in [0.5, 0.6) is 0 Å². The Labute approximate surface area is 109 Å². The molecular weight excluding hydrogens is 232 g/mol. The van der Waals surface area contributed by atoms with E-state index >= 15 is 0 Å². The normalized spacial score (nSPS) is 27.7. The Hall–Kier alpha value is 0.230. The Balaban J connectivity index is 1.57. The van der Waals surface area contributed by atoms with Crippen LogP contribution in [-0.2, 0) is 4.74 Å². The molecule has 100 valence electrons. The monoisotopic (exact) mass is 258 g/mol. The van der Waals surface area contributed by atoms with E-state index in [9.17, 15) is 0 Å². The maximum atomic E-state index is 5.83. The Bertz CT molecular complexity index is 202.